The Morgan fingerprint density at radius 1 is 1.24 bits per heavy atom. The van der Waals surface area contributed by atoms with E-state index in [2.05, 4.69) is 24.2 Å². The van der Waals surface area contributed by atoms with Crippen molar-refractivity contribution < 1.29 is 9.90 Å². The monoisotopic (exact) mass is 296 g/mol. The Morgan fingerprint density at radius 2 is 1.90 bits per heavy atom. The van der Waals surface area contributed by atoms with E-state index in [-0.39, 0.29) is 0 Å². The molecule has 0 aliphatic heterocycles. The normalized spacial score (nSPS) is 37.6. The number of rotatable bonds is 5. The summed E-state index contributed by atoms with van der Waals surface area (Å²) in [6.45, 7) is 2.30. The van der Waals surface area contributed by atoms with E-state index in [0.717, 1.165) is 31.6 Å². The second-order valence-corrected chi connectivity index (χ2v) is 7.14. The third-order valence-corrected chi connectivity index (χ3v) is 6.16. The molecule has 0 aromatic heterocycles. The Morgan fingerprint density at radius 3 is 2.43 bits per heavy atom. The van der Waals surface area contributed by atoms with Gasteiger partial charge in [-0.05, 0) is 71.4 Å². The molecule has 0 amide bonds. The molecule has 21 heavy (non-hydrogen) atoms. The molecule has 0 spiro atoms. The molecule has 0 bridgehead atoms. The summed E-state index contributed by atoms with van der Waals surface area (Å²) in [6, 6.07) is 1.06. The predicted octanol–water partition coefficient (Wildman–Crippen LogP) is 2.87. The van der Waals surface area contributed by atoms with E-state index >= 15 is 0 Å². The van der Waals surface area contributed by atoms with Crippen molar-refractivity contribution in [1.82, 2.24) is 10.2 Å². The molecule has 2 aliphatic carbocycles. The van der Waals surface area contributed by atoms with Crippen LogP contribution in [0.2, 0.25) is 0 Å². The van der Waals surface area contributed by atoms with Crippen molar-refractivity contribution in [1.29, 1.82) is 0 Å². The van der Waals surface area contributed by atoms with Gasteiger partial charge >= 0.3 is 5.97 Å². The van der Waals surface area contributed by atoms with Crippen LogP contribution in [0, 0.1) is 5.92 Å². The highest BCUT2D eigenvalue weighted by molar-refractivity contribution is 5.79. The Balaban J connectivity index is 1.96. The molecule has 2 unspecified atom stereocenters. The Kier molecular flexibility index (Phi) is 5.67. The number of carbonyl (C=O) groups is 1. The van der Waals surface area contributed by atoms with Gasteiger partial charge in [0.25, 0.3) is 0 Å². The van der Waals surface area contributed by atoms with Crippen molar-refractivity contribution in [2.45, 2.75) is 82.3 Å². The van der Waals surface area contributed by atoms with Crippen LogP contribution in [0.15, 0.2) is 0 Å². The minimum Gasteiger partial charge on any atom is -0.480 e. The number of likely N-dealkylation sites (N-methyl/N-ethyl adjacent to an activating group) is 1. The SMILES string of the molecule is CCC1CCC(N(C)C2CCCC(NC)(C(=O)O)C2)CC1. The molecule has 0 saturated heterocycles. The van der Waals surface area contributed by atoms with Crippen molar-refractivity contribution in [2.75, 3.05) is 14.1 Å². The fourth-order valence-electron chi connectivity index (χ4n) is 4.38. The van der Waals surface area contributed by atoms with Crippen LogP contribution in [-0.2, 0) is 4.79 Å². The summed E-state index contributed by atoms with van der Waals surface area (Å²) >= 11 is 0. The Hall–Kier alpha value is -0.610. The number of hydrogen-bond donors (Lipinski definition) is 2. The van der Waals surface area contributed by atoms with Gasteiger partial charge in [-0.25, -0.2) is 0 Å². The molecule has 4 heteroatoms. The molecule has 0 radical (unpaired) electrons. The topological polar surface area (TPSA) is 52.6 Å². The highest BCUT2D eigenvalue weighted by Gasteiger charge is 2.43. The summed E-state index contributed by atoms with van der Waals surface area (Å²) < 4.78 is 0. The average molecular weight is 296 g/mol. The second-order valence-electron chi connectivity index (χ2n) is 7.14. The second kappa shape index (κ2) is 7.10. The van der Waals surface area contributed by atoms with Crippen LogP contribution < -0.4 is 5.32 Å². The molecule has 2 rings (SSSR count). The molecular weight excluding hydrogens is 264 g/mol. The summed E-state index contributed by atoms with van der Waals surface area (Å²) in [5.74, 6) is 0.231. The van der Waals surface area contributed by atoms with E-state index < -0.39 is 11.5 Å². The third-order valence-electron chi connectivity index (χ3n) is 6.16. The Bertz CT molecular complexity index is 353. The van der Waals surface area contributed by atoms with E-state index in [1.165, 1.54) is 32.1 Å². The Labute approximate surface area is 129 Å². The van der Waals surface area contributed by atoms with Gasteiger partial charge in [-0.3, -0.25) is 4.79 Å². The predicted molar refractivity (Wildman–Crippen MR) is 85.5 cm³/mol. The molecule has 4 nitrogen and oxygen atoms in total. The van der Waals surface area contributed by atoms with Gasteiger partial charge in [-0.2, -0.15) is 0 Å². The van der Waals surface area contributed by atoms with Crippen molar-refractivity contribution in [3.05, 3.63) is 0 Å². The molecule has 2 fully saturated rings. The van der Waals surface area contributed by atoms with Crippen LogP contribution >= 0.6 is 0 Å². The van der Waals surface area contributed by atoms with Crippen molar-refractivity contribution >= 4 is 5.97 Å². The standard InChI is InChI=1S/C17H32N2O2/c1-4-13-7-9-14(10-8-13)19(3)15-6-5-11-17(12-15,18-2)16(20)21/h13-15,18H,4-12H2,1-3H3,(H,20,21). The smallest absolute Gasteiger partial charge is 0.323 e. The summed E-state index contributed by atoms with van der Waals surface area (Å²) in [7, 11) is 4.01. The number of nitrogens with zero attached hydrogens (tertiary/aromatic N) is 1. The van der Waals surface area contributed by atoms with Gasteiger partial charge in [0.15, 0.2) is 0 Å². The lowest BCUT2D eigenvalue weighted by atomic mass is 9.77. The van der Waals surface area contributed by atoms with Crippen LogP contribution in [0.3, 0.4) is 0 Å². The van der Waals surface area contributed by atoms with E-state index in [1.807, 2.05) is 0 Å². The largest absolute Gasteiger partial charge is 0.480 e. The van der Waals surface area contributed by atoms with Gasteiger partial charge in [0, 0.05) is 12.1 Å². The van der Waals surface area contributed by atoms with Crippen LogP contribution in [0.1, 0.15) is 64.7 Å². The van der Waals surface area contributed by atoms with Gasteiger partial charge < -0.3 is 15.3 Å². The number of nitrogens with one attached hydrogen (secondary N) is 1. The van der Waals surface area contributed by atoms with E-state index in [9.17, 15) is 9.90 Å². The summed E-state index contributed by atoms with van der Waals surface area (Å²) in [4.78, 5) is 14.2. The highest BCUT2D eigenvalue weighted by Crippen LogP contribution is 2.35. The van der Waals surface area contributed by atoms with Crippen LogP contribution in [-0.4, -0.2) is 47.7 Å². The molecule has 2 saturated carbocycles. The lowest BCUT2D eigenvalue weighted by Crippen LogP contribution is -2.58. The number of carboxylic acids is 1. The number of hydrogen-bond acceptors (Lipinski definition) is 3. The van der Waals surface area contributed by atoms with Crippen LogP contribution in [0.25, 0.3) is 0 Å². The minimum absolute atomic E-state index is 0.408. The van der Waals surface area contributed by atoms with E-state index in [1.54, 1.807) is 7.05 Å². The van der Waals surface area contributed by atoms with Crippen molar-refractivity contribution in [2.24, 2.45) is 5.92 Å². The zero-order valence-electron chi connectivity index (χ0n) is 13.9. The quantitative estimate of drug-likeness (QED) is 0.819. The summed E-state index contributed by atoms with van der Waals surface area (Å²) in [5.41, 5.74) is -0.711. The molecule has 2 N–H and O–H groups in total. The molecule has 2 aliphatic rings. The van der Waals surface area contributed by atoms with Gasteiger partial charge in [0.2, 0.25) is 0 Å². The molecule has 0 aromatic rings. The zero-order chi connectivity index (χ0) is 15.5. The summed E-state index contributed by atoms with van der Waals surface area (Å²) in [6.07, 6.45) is 10.2. The third kappa shape index (κ3) is 3.59. The molecule has 122 valence electrons. The first kappa shape index (κ1) is 16.8. The first-order valence-corrected chi connectivity index (χ1v) is 8.66. The first-order valence-electron chi connectivity index (χ1n) is 8.66. The van der Waals surface area contributed by atoms with Crippen molar-refractivity contribution in [3.63, 3.8) is 0 Å². The van der Waals surface area contributed by atoms with Crippen LogP contribution in [0.5, 0.6) is 0 Å². The number of aliphatic carboxylic acids is 1. The number of carboxylic acid groups (broad SMARTS) is 1. The average Bonchev–Trinajstić information content (AvgIpc) is 2.54. The van der Waals surface area contributed by atoms with E-state index in [4.69, 9.17) is 0 Å². The van der Waals surface area contributed by atoms with Gasteiger partial charge in [0.05, 0.1) is 0 Å². The first-order chi connectivity index (χ1) is 10.0. The fraction of sp³-hybridized carbons (Fsp3) is 0.941. The van der Waals surface area contributed by atoms with Gasteiger partial charge in [0.1, 0.15) is 5.54 Å². The van der Waals surface area contributed by atoms with Gasteiger partial charge in [-0.1, -0.05) is 13.3 Å². The van der Waals surface area contributed by atoms with Crippen molar-refractivity contribution in [3.8, 4) is 0 Å². The highest BCUT2D eigenvalue weighted by atomic mass is 16.4. The maximum absolute atomic E-state index is 11.7. The molecule has 2 atom stereocenters. The maximum atomic E-state index is 11.7. The van der Waals surface area contributed by atoms with Gasteiger partial charge in [-0.15, -0.1) is 0 Å². The lowest BCUT2D eigenvalue weighted by Gasteiger charge is -2.45. The van der Waals surface area contributed by atoms with Crippen LogP contribution in [0.4, 0.5) is 0 Å². The molecule has 0 aromatic carbocycles. The summed E-state index contributed by atoms with van der Waals surface area (Å²) in [5, 5.41) is 12.7. The maximum Gasteiger partial charge on any atom is 0.323 e. The zero-order valence-corrected chi connectivity index (χ0v) is 13.9. The lowest BCUT2D eigenvalue weighted by molar-refractivity contribution is -0.147. The van der Waals surface area contributed by atoms with E-state index in [0.29, 0.717) is 12.1 Å². The minimum atomic E-state index is -0.711. The fourth-order valence-corrected chi connectivity index (χ4v) is 4.38. The molecular formula is C17H32N2O2. The molecule has 0 heterocycles.